The molecular weight excluding hydrogens is 306 g/mol. The first-order valence-electron chi connectivity index (χ1n) is 7.65. The molecule has 23 heavy (non-hydrogen) atoms. The van der Waals surface area contributed by atoms with E-state index in [4.69, 9.17) is 5.10 Å². The molecule has 5 nitrogen and oxygen atoms in total. The van der Waals surface area contributed by atoms with E-state index in [2.05, 4.69) is 34.1 Å². The van der Waals surface area contributed by atoms with E-state index in [0.717, 1.165) is 30.3 Å². The minimum Gasteiger partial charge on any atom is -0.343 e. The van der Waals surface area contributed by atoms with Crippen LogP contribution in [0.15, 0.2) is 64.6 Å². The smallest absolute Gasteiger partial charge is 0.185 e. The normalized spacial score (nSPS) is 23.8. The molecule has 0 fully saturated rings. The maximum atomic E-state index is 4.70. The molecule has 2 aromatic rings. The summed E-state index contributed by atoms with van der Waals surface area (Å²) in [4.78, 5) is 10.9. The van der Waals surface area contributed by atoms with Gasteiger partial charge in [-0.25, -0.2) is 4.98 Å². The molecule has 2 aromatic heterocycles. The lowest BCUT2D eigenvalue weighted by Gasteiger charge is -2.32. The molecule has 0 bridgehead atoms. The maximum absolute atomic E-state index is 4.70. The Hall–Kier alpha value is -2.31. The van der Waals surface area contributed by atoms with Crippen LogP contribution in [0.5, 0.6) is 0 Å². The molecule has 0 saturated carbocycles. The Labute approximate surface area is 139 Å². The highest BCUT2D eigenvalue weighted by Gasteiger charge is 2.37. The van der Waals surface area contributed by atoms with Crippen LogP contribution in [0, 0.1) is 0 Å². The highest BCUT2D eigenvalue weighted by atomic mass is 32.1. The third kappa shape index (κ3) is 2.50. The van der Waals surface area contributed by atoms with Crippen LogP contribution >= 0.6 is 11.3 Å². The molecule has 0 aromatic carbocycles. The molecule has 4 heterocycles. The van der Waals surface area contributed by atoms with Crippen molar-refractivity contribution in [2.24, 2.45) is 5.10 Å². The summed E-state index contributed by atoms with van der Waals surface area (Å²) in [5.41, 5.74) is 3.66. The number of anilines is 1. The standard InChI is InChI=1S/C17H18N5S/c1-22(15-4-7-18-8-5-15)16(6-9-20-22)14-3-2-11-21(13-14)17-19-10-12-23-17/h3-10,12H,2,11,13H2,1H3/q+1. The van der Waals surface area contributed by atoms with E-state index in [1.807, 2.05) is 42.3 Å². The Morgan fingerprint density at radius 2 is 2.09 bits per heavy atom. The van der Waals surface area contributed by atoms with Crippen molar-refractivity contribution >= 4 is 28.4 Å². The summed E-state index contributed by atoms with van der Waals surface area (Å²) in [5.74, 6) is 0. The van der Waals surface area contributed by atoms with Crippen LogP contribution < -0.4 is 9.49 Å². The Balaban J connectivity index is 1.64. The molecular formula is C17H18N5S+. The highest BCUT2D eigenvalue weighted by molar-refractivity contribution is 7.13. The summed E-state index contributed by atoms with van der Waals surface area (Å²) in [5, 5.41) is 7.82. The summed E-state index contributed by atoms with van der Waals surface area (Å²) in [6.45, 7) is 1.89. The van der Waals surface area contributed by atoms with Gasteiger partial charge in [0.1, 0.15) is 7.05 Å². The Morgan fingerprint density at radius 3 is 2.87 bits per heavy atom. The molecule has 0 radical (unpaired) electrons. The van der Waals surface area contributed by atoms with Crippen molar-refractivity contribution in [3.63, 3.8) is 0 Å². The van der Waals surface area contributed by atoms with Crippen LogP contribution in [-0.2, 0) is 0 Å². The van der Waals surface area contributed by atoms with E-state index >= 15 is 0 Å². The maximum Gasteiger partial charge on any atom is 0.185 e. The van der Waals surface area contributed by atoms with Gasteiger partial charge in [-0.1, -0.05) is 11.2 Å². The molecule has 6 heteroatoms. The van der Waals surface area contributed by atoms with Crippen LogP contribution in [0.1, 0.15) is 6.42 Å². The minimum atomic E-state index is 0.445. The van der Waals surface area contributed by atoms with E-state index in [1.54, 1.807) is 11.3 Å². The van der Waals surface area contributed by atoms with Crippen molar-refractivity contribution in [1.82, 2.24) is 14.6 Å². The quantitative estimate of drug-likeness (QED) is 0.814. The zero-order chi connectivity index (χ0) is 15.7. The molecule has 116 valence electrons. The van der Waals surface area contributed by atoms with Crippen LogP contribution in [0.25, 0.3) is 0 Å². The monoisotopic (exact) mass is 324 g/mol. The van der Waals surface area contributed by atoms with Crippen molar-refractivity contribution in [3.8, 4) is 0 Å². The molecule has 1 atom stereocenters. The fourth-order valence-electron chi connectivity index (χ4n) is 3.14. The number of nitrogens with zero attached hydrogens (tertiary/aromatic N) is 5. The fourth-order valence-corrected chi connectivity index (χ4v) is 3.81. The number of quaternary nitrogens is 1. The Morgan fingerprint density at radius 1 is 1.22 bits per heavy atom. The van der Waals surface area contributed by atoms with Gasteiger partial charge in [-0.3, -0.25) is 4.98 Å². The zero-order valence-corrected chi connectivity index (χ0v) is 13.8. The molecule has 0 aliphatic carbocycles. The average molecular weight is 324 g/mol. The fraction of sp³-hybridized carbons (Fsp3) is 0.235. The van der Waals surface area contributed by atoms with E-state index in [-0.39, 0.29) is 0 Å². The summed E-state index contributed by atoms with van der Waals surface area (Å²) >= 11 is 1.69. The van der Waals surface area contributed by atoms with Gasteiger partial charge < -0.3 is 4.90 Å². The lowest BCUT2D eigenvalue weighted by atomic mass is 10.0. The second kappa shape index (κ2) is 5.72. The van der Waals surface area contributed by atoms with Crippen molar-refractivity contribution < 1.29 is 0 Å². The SMILES string of the molecule is C[N+]1(c2ccncc2)N=CC=C1C1=CCCN(c2nccs2)C1. The van der Waals surface area contributed by atoms with Crippen LogP contribution in [0.4, 0.5) is 10.8 Å². The number of allylic oxidation sites excluding steroid dienone is 1. The summed E-state index contributed by atoms with van der Waals surface area (Å²) < 4.78 is 0.445. The first-order valence-corrected chi connectivity index (χ1v) is 8.53. The van der Waals surface area contributed by atoms with Gasteiger partial charge in [0.05, 0.1) is 12.8 Å². The highest BCUT2D eigenvalue weighted by Crippen LogP contribution is 2.35. The number of rotatable bonds is 3. The van der Waals surface area contributed by atoms with Gasteiger partial charge in [-0.2, -0.15) is 0 Å². The van der Waals surface area contributed by atoms with Crippen LogP contribution in [0.2, 0.25) is 0 Å². The Kier molecular flexibility index (Phi) is 3.55. The van der Waals surface area contributed by atoms with Gasteiger partial charge in [0, 0.05) is 54.3 Å². The van der Waals surface area contributed by atoms with Crippen LogP contribution in [0.3, 0.4) is 0 Å². The summed E-state index contributed by atoms with van der Waals surface area (Å²) in [6.07, 6.45) is 12.9. The van der Waals surface area contributed by atoms with E-state index in [1.165, 1.54) is 11.3 Å². The number of hydrogen-bond acceptors (Lipinski definition) is 5. The van der Waals surface area contributed by atoms with Gasteiger partial charge in [-0.05, 0) is 6.42 Å². The average Bonchev–Trinajstić information content (AvgIpc) is 3.26. The number of aromatic nitrogens is 2. The lowest BCUT2D eigenvalue weighted by Crippen LogP contribution is -2.40. The van der Waals surface area contributed by atoms with Gasteiger partial charge >= 0.3 is 0 Å². The second-order valence-electron chi connectivity index (χ2n) is 5.74. The molecule has 0 spiro atoms. The number of pyridine rings is 1. The van der Waals surface area contributed by atoms with Crippen LogP contribution in [-0.4, -0.2) is 36.3 Å². The molecule has 1 unspecified atom stereocenters. The molecule has 0 saturated heterocycles. The molecule has 2 aliphatic heterocycles. The first-order chi connectivity index (χ1) is 11.3. The molecule has 0 N–H and O–H groups in total. The third-order valence-electron chi connectivity index (χ3n) is 4.33. The third-order valence-corrected chi connectivity index (χ3v) is 5.17. The minimum absolute atomic E-state index is 0.445. The van der Waals surface area contributed by atoms with Gasteiger partial charge in [0.2, 0.25) is 0 Å². The van der Waals surface area contributed by atoms with E-state index in [0.29, 0.717) is 4.59 Å². The van der Waals surface area contributed by atoms with Gasteiger partial charge in [-0.15, -0.1) is 15.9 Å². The largest absolute Gasteiger partial charge is 0.343 e. The van der Waals surface area contributed by atoms with Crippen molar-refractivity contribution in [2.75, 3.05) is 25.0 Å². The predicted octanol–water partition coefficient (Wildman–Crippen LogP) is 3.20. The number of likely N-dealkylation sites (N-methyl/N-ethyl adjacent to an activating group) is 1. The topological polar surface area (TPSA) is 41.4 Å². The van der Waals surface area contributed by atoms with Crippen molar-refractivity contribution in [3.05, 3.63) is 59.5 Å². The zero-order valence-electron chi connectivity index (χ0n) is 13.0. The van der Waals surface area contributed by atoms with E-state index < -0.39 is 0 Å². The molecule has 0 amide bonds. The van der Waals surface area contributed by atoms with Crippen molar-refractivity contribution in [2.45, 2.75) is 6.42 Å². The van der Waals surface area contributed by atoms with E-state index in [9.17, 15) is 0 Å². The summed E-state index contributed by atoms with van der Waals surface area (Å²) in [7, 11) is 2.12. The molecule has 2 aliphatic rings. The molecule has 4 rings (SSSR count). The van der Waals surface area contributed by atoms with Gasteiger partial charge in [0.25, 0.3) is 0 Å². The number of thiazole rings is 1. The summed E-state index contributed by atoms with van der Waals surface area (Å²) in [6, 6.07) is 4.05. The Bertz CT molecular complexity index is 779. The predicted molar refractivity (Wildman–Crippen MR) is 95.6 cm³/mol. The first kappa shape index (κ1) is 14.3. The second-order valence-corrected chi connectivity index (χ2v) is 6.61. The van der Waals surface area contributed by atoms with Crippen molar-refractivity contribution in [1.29, 1.82) is 0 Å². The van der Waals surface area contributed by atoms with Gasteiger partial charge in [0.15, 0.2) is 16.5 Å². The number of hydrogen-bond donors (Lipinski definition) is 0. The lowest BCUT2D eigenvalue weighted by molar-refractivity contribution is 0.448.